The molecule has 2 N–H and O–H groups in total. The Hall–Kier alpha value is -0.610. The summed E-state index contributed by atoms with van der Waals surface area (Å²) in [4.78, 5) is 11.3. The molecule has 4 heteroatoms. The van der Waals surface area contributed by atoms with E-state index in [1.165, 1.54) is 0 Å². The lowest BCUT2D eigenvalue weighted by molar-refractivity contribution is -0.120. The van der Waals surface area contributed by atoms with Crippen molar-refractivity contribution in [1.29, 1.82) is 0 Å². The molecule has 0 aliphatic heterocycles. The van der Waals surface area contributed by atoms with E-state index in [0.717, 1.165) is 39.1 Å². The molecule has 96 valence electrons. The Morgan fingerprint density at radius 2 is 2.06 bits per heavy atom. The van der Waals surface area contributed by atoms with Gasteiger partial charge in [0.1, 0.15) is 0 Å². The zero-order valence-corrected chi connectivity index (χ0v) is 10.8. The average molecular weight is 230 g/mol. The molecule has 0 spiro atoms. The molecule has 0 aromatic heterocycles. The molecule has 0 aliphatic carbocycles. The maximum Gasteiger partial charge on any atom is 0.233 e. The molecule has 0 fully saturated rings. The SMILES string of the molecule is CCOCCCNCC(=O)NCCC(C)C. The Kier molecular flexibility index (Phi) is 10.5. The van der Waals surface area contributed by atoms with Gasteiger partial charge in [0.05, 0.1) is 6.54 Å². The van der Waals surface area contributed by atoms with Crippen LogP contribution < -0.4 is 10.6 Å². The van der Waals surface area contributed by atoms with Gasteiger partial charge in [-0.2, -0.15) is 0 Å². The van der Waals surface area contributed by atoms with Gasteiger partial charge in [-0.1, -0.05) is 13.8 Å². The van der Waals surface area contributed by atoms with Gasteiger partial charge in [-0.05, 0) is 32.2 Å². The zero-order chi connectivity index (χ0) is 12.2. The summed E-state index contributed by atoms with van der Waals surface area (Å²) in [5, 5.41) is 5.97. The highest BCUT2D eigenvalue weighted by atomic mass is 16.5. The fourth-order valence-corrected chi connectivity index (χ4v) is 1.21. The summed E-state index contributed by atoms with van der Waals surface area (Å²) in [6, 6.07) is 0. The minimum atomic E-state index is 0.0806. The molecule has 0 aromatic carbocycles. The highest BCUT2D eigenvalue weighted by Crippen LogP contribution is 1.95. The predicted molar refractivity (Wildman–Crippen MR) is 66.4 cm³/mol. The third-order valence-electron chi connectivity index (χ3n) is 2.18. The minimum absolute atomic E-state index is 0.0806. The Labute approximate surface area is 99.1 Å². The Balaban J connectivity index is 3.17. The van der Waals surface area contributed by atoms with E-state index in [4.69, 9.17) is 4.74 Å². The second-order valence-electron chi connectivity index (χ2n) is 4.26. The Morgan fingerprint density at radius 1 is 1.31 bits per heavy atom. The highest BCUT2D eigenvalue weighted by Gasteiger charge is 2.00. The molecule has 0 aliphatic rings. The molecule has 0 heterocycles. The molecule has 0 radical (unpaired) electrons. The molecule has 0 saturated heterocycles. The number of nitrogens with one attached hydrogen (secondary N) is 2. The lowest BCUT2D eigenvalue weighted by atomic mass is 10.1. The lowest BCUT2D eigenvalue weighted by Gasteiger charge is -2.08. The van der Waals surface area contributed by atoms with Crippen molar-refractivity contribution in [3.63, 3.8) is 0 Å². The van der Waals surface area contributed by atoms with Crippen molar-refractivity contribution in [3.05, 3.63) is 0 Å². The van der Waals surface area contributed by atoms with Crippen LogP contribution in [0.15, 0.2) is 0 Å². The van der Waals surface area contributed by atoms with E-state index in [9.17, 15) is 4.79 Å². The standard InChI is InChI=1S/C12H26N2O2/c1-4-16-9-5-7-13-10-12(15)14-8-6-11(2)3/h11,13H,4-10H2,1-3H3,(H,14,15). The number of hydrogen-bond donors (Lipinski definition) is 2. The monoisotopic (exact) mass is 230 g/mol. The van der Waals surface area contributed by atoms with E-state index >= 15 is 0 Å². The third-order valence-corrected chi connectivity index (χ3v) is 2.18. The third kappa shape index (κ3) is 11.5. The first kappa shape index (κ1) is 15.4. The number of carbonyl (C=O) groups excluding carboxylic acids is 1. The molecule has 16 heavy (non-hydrogen) atoms. The van der Waals surface area contributed by atoms with Crippen molar-refractivity contribution in [2.75, 3.05) is 32.8 Å². The summed E-state index contributed by atoms with van der Waals surface area (Å²) in [5.74, 6) is 0.719. The van der Waals surface area contributed by atoms with Gasteiger partial charge >= 0.3 is 0 Å². The van der Waals surface area contributed by atoms with Gasteiger partial charge in [0.25, 0.3) is 0 Å². The number of carbonyl (C=O) groups is 1. The number of amides is 1. The lowest BCUT2D eigenvalue weighted by Crippen LogP contribution is -2.35. The number of rotatable bonds is 10. The van der Waals surface area contributed by atoms with Gasteiger partial charge < -0.3 is 15.4 Å². The molecule has 4 nitrogen and oxygen atoms in total. The van der Waals surface area contributed by atoms with E-state index in [-0.39, 0.29) is 5.91 Å². The van der Waals surface area contributed by atoms with Crippen LogP contribution in [0.25, 0.3) is 0 Å². The van der Waals surface area contributed by atoms with E-state index in [0.29, 0.717) is 12.5 Å². The number of ether oxygens (including phenoxy) is 1. The van der Waals surface area contributed by atoms with Crippen molar-refractivity contribution < 1.29 is 9.53 Å². The van der Waals surface area contributed by atoms with Gasteiger partial charge in [0.15, 0.2) is 0 Å². The molecule has 0 atom stereocenters. The van der Waals surface area contributed by atoms with Crippen LogP contribution in [0.5, 0.6) is 0 Å². The van der Waals surface area contributed by atoms with Crippen LogP contribution in [0, 0.1) is 5.92 Å². The van der Waals surface area contributed by atoms with Crippen LogP contribution in [0.3, 0.4) is 0 Å². The molecule has 0 aromatic rings. The molecule has 1 amide bonds. The van der Waals surface area contributed by atoms with Gasteiger partial charge in [0, 0.05) is 19.8 Å². The van der Waals surface area contributed by atoms with Crippen molar-refractivity contribution in [2.45, 2.75) is 33.6 Å². The van der Waals surface area contributed by atoms with Crippen molar-refractivity contribution in [1.82, 2.24) is 10.6 Å². The van der Waals surface area contributed by atoms with Gasteiger partial charge in [-0.3, -0.25) is 4.79 Å². The van der Waals surface area contributed by atoms with Crippen LogP contribution >= 0.6 is 0 Å². The second-order valence-corrected chi connectivity index (χ2v) is 4.26. The summed E-state index contributed by atoms with van der Waals surface area (Å²) < 4.78 is 5.19. The fraction of sp³-hybridized carbons (Fsp3) is 0.917. The number of hydrogen-bond acceptors (Lipinski definition) is 3. The maximum atomic E-state index is 11.3. The Bertz CT molecular complexity index is 172. The van der Waals surface area contributed by atoms with E-state index < -0.39 is 0 Å². The van der Waals surface area contributed by atoms with Crippen LogP contribution in [0.1, 0.15) is 33.6 Å². The summed E-state index contributed by atoms with van der Waals surface area (Å²) >= 11 is 0. The highest BCUT2D eigenvalue weighted by molar-refractivity contribution is 5.77. The van der Waals surface area contributed by atoms with E-state index in [1.54, 1.807) is 0 Å². The summed E-state index contributed by atoms with van der Waals surface area (Å²) in [6.07, 6.45) is 1.99. The summed E-state index contributed by atoms with van der Waals surface area (Å²) in [5.41, 5.74) is 0. The van der Waals surface area contributed by atoms with Crippen LogP contribution in [0.2, 0.25) is 0 Å². The molecule has 0 rings (SSSR count). The second kappa shape index (κ2) is 10.9. The molecule has 0 bridgehead atoms. The first-order valence-electron chi connectivity index (χ1n) is 6.22. The first-order chi connectivity index (χ1) is 7.66. The van der Waals surface area contributed by atoms with Gasteiger partial charge in [-0.15, -0.1) is 0 Å². The van der Waals surface area contributed by atoms with Crippen LogP contribution in [-0.4, -0.2) is 38.8 Å². The largest absolute Gasteiger partial charge is 0.382 e. The normalized spacial score (nSPS) is 10.8. The molecular weight excluding hydrogens is 204 g/mol. The van der Waals surface area contributed by atoms with Gasteiger partial charge in [-0.25, -0.2) is 0 Å². The van der Waals surface area contributed by atoms with Crippen molar-refractivity contribution in [2.24, 2.45) is 5.92 Å². The predicted octanol–water partition coefficient (Wildman–Crippen LogP) is 1.16. The topological polar surface area (TPSA) is 50.4 Å². The van der Waals surface area contributed by atoms with Crippen LogP contribution in [0.4, 0.5) is 0 Å². The van der Waals surface area contributed by atoms with Gasteiger partial charge in [0.2, 0.25) is 5.91 Å². The fourth-order valence-electron chi connectivity index (χ4n) is 1.21. The summed E-state index contributed by atoms with van der Waals surface area (Å²) in [7, 11) is 0. The summed E-state index contributed by atoms with van der Waals surface area (Å²) in [6.45, 7) is 9.82. The maximum absolute atomic E-state index is 11.3. The first-order valence-corrected chi connectivity index (χ1v) is 6.22. The molecule has 0 saturated carbocycles. The molecular formula is C12H26N2O2. The quantitative estimate of drug-likeness (QED) is 0.554. The van der Waals surface area contributed by atoms with Crippen LogP contribution in [-0.2, 0) is 9.53 Å². The zero-order valence-electron chi connectivity index (χ0n) is 10.8. The molecule has 0 unspecified atom stereocenters. The van der Waals surface area contributed by atoms with E-state index in [1.807, 2.05) is 6.92 Å². The minimum Gasteiger partial charge on any atom is -0.382 e. The van der Waals surface area contributed by atoms with Crippen molar-refractivity contribution >= 4 is 5.91 Å². The smallest absolute Gasteiger partial charge is 0.233 e. The average Bonchev–Trinajstić information content (AvgIpc) is 2.22. The Morgan fingerprint density at radius 3 is 2.69 bits per heavy atom. The van der Waals surface area contributed by atoms with E-state index in [2.05, 4.69) is 24.5 Å². The van der Waals surface area contributed by atoms with Crippen molar-refractivity contribution in [3.8, 4) is 0 Å².